The summed E-state index contributed by atoms with van der Waals surface area (Å²) in [4.78, 5) is 28.7. The first-order chi connectivity index (χ1) is 15.5. The van der Waals surface area contributed by atoms with Gasteiger partial charge >= 0.3 is 0 Å². The third-order valence-electron chi connectivity index (χ3n) is 4.82. The van der Waals surface area contributed by atoms with Crippen LogP contribution in [0.25, 0.3) is 33.4 Å². The number of halogens is 2. The van der Waals surface area contributed by atoms with E-state index in [-0.39, 0.29) is 11.5 Å². The van der Waals surface area contributed by atoms with E-state index in [1.807, 2.05) is 42.5 Å². The first-order valence-electron chi connectivity index (χ1n) is 9.72. The molecule has 0 saturated heterocycles. The van der Waals surface area contributed by atoms with Gasteiger partial charge in [0.05, 0.1) is 16.9 Å². The van der Waals surface area contributed by atoms with Gasteiger partial charge in [0, 0.05) is 32.6 Å². The van der Waals surface area contributed by atoms with Crippen molar-refractivity contribution >= 4 is 46.0 Å². The summed E-state index contributed by atoms with van der Waals surface area (Å²) < 4.78 is 0. The second kappa shape index (κ2) is 8.42. The number of nitrogens with zero attached hydrogens (tertiary/aromatic N) is 3. The first kappa shape index (κ1) is 20.2. The molecule has 5 aromatic rings. The number of aromatic nitrogens is 4. The number of nitrogens with one attached hydrogen (secondary N) is 2. The molecule has 0 atom stereocenters. The Morgan fingerprint density at radius 2 is 1.50 bits per heavy atom. The van der Waals surface area contributed by atoms with Crippen molar-refractivity contribution in [1.29, 1.82) is 0 Å². The second-order valence-corrected chi connectivity index (χ2v) is 7.91. The lowest BCUT2D eigenvalue weighted by atomic mass is 10.1. The Hall–Kier alpha value is -3.74. The zero-order valence-corrected chi connectivity index (χ0v) is 18.0. The summed E-state index contributed by atoms with van der Waals surface area (Å²) in [5.41, 5.74) is 3.31. The molecule has 8 heteroatoms. The molecule has 0 fully saturated rings. The van der Waals surface area contributed by atoms with Crippen molar-refractivity contribution in [2.24, 2.45) is 0 Å². The van der Waals surface area contributed by atoms with Gasteiger partial charge in [0.25, 0.3) is 5.56 Å². The van der Waals surface area contributed by atoms with Gasteiger partial charge in [-0.05, 0) is 30.3 Å². The molecule has 2 aromatic heterocycles. The van der Waals surface area contributed by atoms with Gasteiger partial charge in [-0.25, -0.2) is 15.0 Å². The van der Waals surface area contributed by atoms with Crippen LogP contribution in [0.2, 0.25) is 10.0 Å². The van der Waals surface area contributed by atoms with E-state index in [0.29, 0.717) is 27.2 Å². The summed E-state index contributed by atoms with van der Waals surface area (Å²) in [5, 5.41) is 5.06. The summed E-state index contributed by atoms with van der Waals surface area (Å²) in [6, 6.07) is 23.7. The van der Waals surface area contributed by atoms with E-state index >= 15 is 0 Å². The summed E-state index contributed by atoms with van der Waals surface area (Å²) in [7, 11) is 0. The highest BCUT2D eigenvalue weighted by Crippen LogP contribution is 2.30. The van der Waals surface area contributed by atoms with Gasteiger partial charge < -0.3 is 0 Å². The van der Waals surface area contributed by atoms with Crippen molar-refractivity contribution in [1.82, 2.24) is 19.9 Å². The maximum absolute atomic E-state index is 12.3. The number of rotatable bonds is 4. The number of aromatic amines is 1. The quantitative estimate of drug-likeness (QED) is 0.339. The topological polar surface area (TPSA) is 83.6 Å². The predicted molar refractivity (Wildman–Crippen MR) is 129 cm³/mol. The third-order valence-corrected chi connectivity index (χ3v) is 5.30. The molecule has 0 saturated carbocycles. The van der Waals surface area contributed by atoms with Gasteiger partial charge in [-0.15, -0.1) is 0 Å². The minimum Gasteiger partial charge on any atom is -0.294 e. The van der Waals surface area contributed by atoms with Crippen molar-refractivity contribution in [3.8, 4) is 22.5 Å². The molecule has 0 amide bonds. The van der Waals surface area contributed by atoms with Gasteiger partial charge in [-0.2, -0.15) is 0 Å². The molecular weight excluding hydrogens is 445 g/mol. The van der Waals surface area contributed by atoms with E-state index in [2.05, 4.69) is 20.3 Å². The zero-order valence-electron chi connectivity index (χ0n) is 16.5. The van der Waals surface area contributed by atoms with Crippen LogP contribution in [-0.2, 0) is 0 Å². The predicted octanol–water partition coefficient (Wildman–Crippen LogP) is 6.10. The molecular formula is C24H15Cl2N5O. The van der Waals surface area contributed by atoms with E-state index in [0.717, 1.165) is 22.2 Å². The molecule has 6 nitrogen and oxygen atoms in total. The molecule has 3 aromatic carbocycles. The highest BCUT2D eigenvalue weighted by Gasteiger charge is 2.12. The molecule has 5 rings (SSSR count). The summed E-state index contributed by atoms with van der Waals surface area (Å²) >= 11 is 12.2. The minimum absolute atomic E-state index is 0.231. The molecule has 0 radical (unpaired) electrons. The number of anilines is 2. The lowest BCUT2D eigenvalue weighted by molar-refractivity contribution is 1.10. The Labute approximate surface area is 192 Å². The van der Waals surface area contributed by atoms with Crippen LogP contribution in [0.4, 0.5) is 11.9 Å². The molecule has 2 N–H and O–H groups in total. The van der Waals surface area contributed by atoms with Crippen LogP contribution in [-0.4, -0.2) is 19.9 Å². The number of H-pyrrole nitrogens is 1. The monoisotopic (exact) mass is 459 g/mol. The number of fused-ring (bicyclic) bond motifs is 1. The highest BCUT2D eigenvalue weighted by atomic mass is 35.5. The second-order valence-electron chi connectivity index (χ2n) is 7.03. The van der Waals surface area contributed by atoms with E-state index in [9.17, 15) is 4.79 Å². The smallest absolute Gasteiger partial charge is 0.252 e. The van der Waals surface area contributed by atoms with Crippen LogP contribution >= 0.6 is 23.2 Å². The zero-order chi connectivity index (χ0) is 22.1. The number of hydrogen-bond acceptors (Lipinski definition) is 5. The summed E-state index contributed by atoms with van der Waals surface area (Å²) in [5.74, 6) is 0.532. The van der Waals surface area contributed by atoms with Gasteiger partial charge in [0.1, 0.15) is 0 Å². The van der Waals surface area contributed by atoms with Crippen molar-refractivity contribution in [3.63, 3.8) is 0 Å². The summed E-state index contributed by atoms with van der Waals surface area (Å²) in [6.45, 7) is 0. The third kappa shape index (κ3) is 4.19. The van der Waals surface area contributed by atoms with Crippen LogP contribution in [0.15, 0.2) is 83.7 Å². The number of benzene rings is 3. The fraction of sp³-hybridized carbons (Fsp3) is 0. The molecule has 0 aliphatic carbocycles. The SMILES string of the molecule is O=c1cc(-c2ccc(Cl)cc2)nc(Nc2nc(-c3ccccc3)c3cc(Cl)ccc3n2)[nH]1. The lowest BCUT2D eigenvalue weighted by Gasteiger charge is -2.11. The van der Waals surface area contributed by atoms with Crippen LogP contribution in [0.1, 0.15) is 0 Å². The molecule has 2 heterocycles. The first-order valence-corrected chi connectivity index (χ1v) is 10.5. The van der Waals surface area contributed by atoms with Crippen molar-refractivity contribution in [2.75, 3.05) is 5.32 Å². The Bertz CT molecular complexity index is 1480. The Morgan fingerprint density at radius 1 is 0.750 bits per heavy atom. The lowest BCUT2D eigenvalue weighted by Crippen LogP contribution is -2.12. The molecule has 0 aliphatic heterocycles. The standard InChI is InChI=1S/C24H15Cl2N5O/c25-16-8-6-14(7-9-16)20-13-21(32)29-23(28-20)31-24-27-19-11-10-17(26)12-18(19)22(30-24)15-4-2-1-3-5-15/h1-13H,(H2,27,28,29,30,31,32). The van der Waals surface area contributed by atoms with E-state index in [1.165, 1.54) is 6.07 Å². The number of hydrogen-bond donors (Lipinski definition) is 2. The maximum Gasteiger partial charge on any atom is 0.252 e. The van der Waals surface area contributed by atoms with E-state index in [4.69, 9.17) is 28.2 Å². The molecule has 0 spiro atoms. The average molecular weight is 460 g/mol. The molecule has 156 valence electrons. The Kier molecular flexibility index (Phi) is 5.31. The largest absolute Gasteiger partial charge is 0.294 e. The van der Waals surface area contributed by atoms with Crippen LogP contribution in [0.5, 0.6) is 0 Å². The van der Waals surface area contributed by atoms with E-state index < -0.39 is 0 Å². The molecule has 0 bridgehead atoms. The van der Waals surface area contributed by atoms with Crippen molar-refractivity contribution < 1.29 is 0 Å². The normalized spacial score (nSPS) is 10.9. The fourth-order valence-electron chi connectivity index (χ4n) is 3.36. The van der Waals surface area contributed by atoms with Crippen LogP contribution < -0.4 is 10.9 Å². The maximum atomic E-state index is 12.3. The van der Waals surface area contributed by atoms with Gasteiger partial charge in [-0.3, -0.25) is 15.1 Å². The Morgan fingerprint density at radius 3 is 2.28 bits per heavy atom. The van der Waals surface area contributed by atoms with Crippen molar-refractivity contribution in [2.45, 2.75) is 0 Å². The van der Waals surface area contributed by atoms with Gasteiger partial charge in [0.15, 0.2) is 0 Å². The van der Waals surface area contributed by atoms with Crippen LogP contribution in [0.3, 0.4) is 0 Å². The molecule has 0 unspecified atom stereocenters. The Balaban J connectivity index is 1.60. The van der Waals surface area contributed by atoms with Crippen molar-refractivity contribution in [3.05, 3.63) is 99.3 Å². The molecule has 0 aliphatic rings. The average Bonchev–Trinajstić information content (AvgIpc) is 2.79. The fourth-order valence-corrected chi connectivity index (χ4v) is 3.66. The minimum atomic E-state index is -0.302. The van der Waals surface area contributed by atoms with Gasteiger partial charge in [0.2, 0.25) is 11.9 Å². The highest BCUT2D eigenvalue weighted by molar-refractivity contribution is 6.31. The van der Waals surface area contributed by atoms with Gasteiger partial charge in [-0.1, -0.05) is 65.7 Å². The summed E-state index contributed by atoms with van der Waals surface area (Å²) in [6.07, 6.45) is 0. The molecule has 32 heavy (non-hydrogen) atoms. The van der Waals surface area contributed by atoms with Crippen LogP contribution in [0, 0.1) is 0 Å². The van der Waals surface area contributed by atoms with E-state index in [1.54, 1.807) is 30.3 Å².